The molecule has 2 aliphatic carbocycles. The summed E-state index contributed by atoms with van der Waals surface area (Å²) in [5, 5.41) is 0. The third kappa shape index (κ3) is 9.42. The molecule has 2 atom stereocenters. The lowest BCUT2D eigenvalue weighted by atomic mass is 9.66. The zero-order chi connectivity index (χ0) is 33.3. The Morgan fingerprint density at radius 3 is 1.05 bits per heavy atom. The molecule has 236 valence electrons. The second kappa shape index (κ2) is 14.9. The SMILES string of the molecule is CC(=C/C=C/C(C)=C/C=C/C=C(C)/C=C\C=C(C)\C=C/C(=O)C1(C)CC(=O)CC1(C)C)/C=C/C(=O)C1(C)CC(=O)CC1(C)C. The molecule has 0 radical (unpaired) electrons. The fourth-order valence-corrected chi connectivity index (χ4v) is 5.73. The van der Waals surface area contributed by atoms with Crippen molar-refractivity contribution in [2.24, 2.45) is 21.7 Å². The molecule has 0 N–H and O–H groups in total. The van der Waals surface area contributed by atoms with Gasteiger partial charge in [-0.15, -0.1) is 0 Å². The van der Waals surface area contributed by atoms with Gasteiger partial charge in [-0.1, -0.05) is 137 Å². The molecule has 0 aromatic carbocycles. The van der Waals surface area contributed by atoms with Gasteiger partial charge in [0.25, 0.3) is 0 Å². The van der Waals surface area contributed by atoms with E-state index in [0.29, 0.717) is 25.7 Å². The highest BCUT2D eigenvalue weighted by Crippen LogP contribution is 2.52. The third-order valence-electron chi connectivity index (χ3n) is 9.72. The first-order valence-corrected chi connectivity index (χ1v) is 15.5. The summed E-state index contributed by atoms with van der Waals surface area (Å²) >= 11 is 0. The predicted molar refractivity (Wildman–Crippen MR) is 183 cm³/mol. The number of carbonyl (C=O) groups is 4. The van der Waals surface area contributed by atoms with Crippen molar-refractivity contribution < 1.29 is 19.2 Å². The molecule has 0 bridgehead atoms. The first-order valence-electron chi connectivity index (χ1n) is 15.5. The quantitative estimate of drug-likeness (QED) is 0.166. The Morgan fingerprint density at radius 1 is 0.455 bits per heavy atom. The maximum Gasteiger partial charge on any atom is 0.162 e. The largest absolute Gasteiger partial charge is 0.300 e. The third-order valence-corrected chi connectivity index (χ3v) is 9.72. The van der Waals surface area contributed by atoms with Crippen LogP contribution in [-0.2, 0) is 19.2 Å². The Bertz CT molecular complexity index is 1320. The highest BCUT2D eigenvalue weighted by Gasteiger charge is 2.53. The van der Waals surface area contributed by atoms with E-state index in [1.54, 1.807) is 12.2 Å². The van der Waals surface area contributed by atoms with Gasteiger partial charge in [0.05, 0.1) is 0 Å². The van der Waals surface area contributed by atoms with Gasteiger partial charge < -0.3 is 0 Å². The fourth-order valence-electron chi connectivity index (χ4n) is 5.73. The first-order chi connectivity index (χ1) is 20.3. The number of Topliss-reactive ketones (excluding diaryl/α,β-unsaturated/α-hetero) is 2. The van der Waals surface area contributed by atoms with Crippen LogP contribution in [0.4, 0.5) is 0 Å². The minimum absolute atomic E-state index is 0.0110. The monoisotopic (exact) mass is 596 g/mol. The predicted octanol–water partition coefficient (Wildman–Crippen LogP) is 9.48. The first kappa shape index (κ1) is 36.5. The number of hydrogen-bond acceptors (Lipinski definition) is 4. The molecule has 2 saturated carbocycles. The van der Waals surface area contributed by atoms with E-state index in [4.69, 9.17) is 0 Å². The van der Waals surface area contributed by atoms with Crippen molar-refractivity contribution in [2.45, 2.75) is 94.9 Å². The van der Waals surface area contributed by atoms with E-state index in [9.17, 15) is 19.2 Å². The lowest BCUT2D eigenvalue weighted by molar-refractivity contribution is -0.128. The second-order valence-electron chi connectivity index (χ2n) is 14.4. The maximum atomic E-state index is 12.9. The fraction of sp³-hybridized carbons (Fsp3) is 0.450. The summed E-state index contributed by atoms with van der Waals surface area (Å²) in [6, 6.07) is 0. The van der Waals surface area contributed by atoms with Crippen LogP contribution in [0.15, 0.2) is 107 Å². The molecule has 2 fully saturated rings. The molecule has 0 heterocycles. The van der Waals surface area contributed by atoms with Gasteiger partial charge >= 0.3 is 0 Å². The summed E-state index contributed by atoms with van der Waals surface area (Å²) in [4.78, 5) is 49.7. The van der Waals surface area contributed by atoms with Crippen LogP contribution in [0.2, 0.25) is 0 Å². The lowest BCUT2D eigenvalue weighted by Gasteiger charge is -2.35. The molecule has 4 nitrogen and oxygen atoms in total. The Labute approximate surface area is 265 Å². The Hall–Kier alpha value is -3.66. The minimum Gasteiger partial charge on any atom is -0.300 e. The number of hydrogen-bond donors (Lipinski definition) is 0. The molecular weight excluding hydrogens is 544 g/mol. The van der Waals surface area contributed by atoms with E-state index in [1.165, 1.54) is 0 Å². The van der Waals surface area contributed by atoms with Crippen LogP contribution in [0.5, 0.6) is 0 Å². The Balaban J connectivity index is 1.88. The van der Waals surface area contributed by atoms with E-state index >= 15 is 0 Å². The topological polar surface area (TPSA) is 68.3 Å². The molecule has 0 saturated heterocycles. The molecule has 4 heteroatoms. The summed E-state index contributed by atoms with van der Waals surface area (Å²) in [6.07, 6.45) is 28.3. The Kier molecular flexibility index (Phi) is 12.4. The molecule has 0 spiro atoms. The van der Waals surface area contributed by atoms with Crippen LogP contribution in [0.25, 0.3) is 0 Å². The number of ketones is 4. The van der Waals surface area contributed by atoms with Crippen molar-refractivity contribution >= 4 is 23.1 Å². The second-order valence-corrected chi connectivity index (χ2v) is 14.4. The van der Waals surface area contributed by atoms with E-state index in [-0.39, 0.29) is 34.0 Å². The lowest BCUT2D eigenvalue weighted by Crippen LogP contribution is -2.36. The molecule has 0 aromatic rings. The van der Waals surface area contributed by atoms with Crippen molar-refractivity contribution in [2.75, 3.05) is 0 Å². The number of allylic oxidation sites excluding steroid dienone is 18. The zero-order valence-corrected chi connectivity index (χ0v) is 28.5. The van der Waals surface area contributed by atoms with Gasteiger partial charge in [0, 0.05) is 36.5 Å². The smallest absolute Gasteiger partial charge is 0.162 e. The molecule has 2 rings (SSSR count). The van der Waals surface area contributed by atoms with Crippen LogP contribution in [0.1, 0.15) is 94.9 Å². The van der Waals surface area contributed by atoms with E-state index in [0.717, 1.165) is 22.3 Å². The summed E-state index contributed by atoms with van der Waals surface area (Å²) < 4.78 is 0. The highest BCUT2D eigenvalue weighted by atomic mass is 16.1. The Morgan fingerprint density at radius 2 is 0.750 bits per heavy atom. The van der Waals surface area contributed by atoms with Crippen molar-refractivity contribution in [1.29, 1.82) is 0 Å². The highest BCUT2D eigenvalue weighted by molar-refractivity contribution is 6.02. The van der Waals surface area contributed by atoms with Gasteiger partial charge in [-0.05, 0) is 50.7 Å². The number of rotatable bonds is 12. The van der Waals surface area contributed by atoms with Crippen molar-refractivity contribution in [3.63, 3.8) is 0 Å². The van der Waals surface area contributed by atoms with Gasteiger partial charge in [0.1, 0.15) is 11.6 Å². The van der Waals surface area contributed by atoms with Gasteiger partial charge in [-0.2, -0.15) is 0 Å². The van der Waals surface area contributed by atoms with Gasteiger partial charge in [0.15, 0.2) is 11.6 Å². The van der Waals surface area contributed by atoms with Gasteiger partial charge in [-0.3, -0.25) is 19.2 Å². The molecule has 44 heavy (non-hydrogen) atoms. The minimum atomic E-state index is -0.644. The molecule has 0 amide bonds. The molecular formula is C40H52O4. The number of carbonyl (C=O) groups excluding carboxylic acids is 4. The van der Waals surface area contributed by atoms with Crippen molar-refractivity contribution in [1.82, 2.24) is 0 Å². The summed E-state index contributed by atoms with van der Waals surface area (Å²) in [5.74, 6) is 0.343. The van der Waals surface area contributed by atoms with Crippen LogP contribution >= 0.6 is 0 Å². The summed E-state index contributed by atoms with van der Waals surface area (Å²) in [5.41, 5.74) is 2.16. The summed E-state index contributed by atoms with van der Waals surface area (Å²) in [6.45, 7) is 19.8. The molecule has 2 aliphatic rings. The van der Waals surface area contributed by atoms with E-state index in [2.05, 4.69) is 0 Å². The van der Waals surface area contributed by atoms with Gasteiger partial charge in [-0.25, -0.2) is 0 Å². The van der Waals surface area contributed by atoms with Crippen LogP contribution < -0.4 is 0 Å². The van der Waals surface area contributed by atoms with Crippen LogP contribution in [0.3, 0.4) is 0 Å². The van der Waals surface area contributed by atoms with Crippen molar-refractivity contribution in [3.05, 3.63) is 107 Å². The zero-order valence-electron chi connectivity index (χ0n) is 28.5. The maximum absolute atomic E-state index is 12.9. The van der Waals surface area contributed by atoms with E-state index in [1.807, 2.05) is 142 Å². The summed E-state index contributed by atoms with van der Waals surface area (Å²) in [7, 11) is 0. The van der Waals surface area contributed by atoms with Gasteiger partial charge in [0.2, 0.25) is 0 Å². The average Bonchev–Trinajstić information content (AvgIpc) is 3.27. The van der Waals surface area contributed by atoms with Crippen LogP contribution in [-0.4, -0.2) is 23.1 Å². The van der Waals surface area contributed by atoms with Crippen molar-refractivity contribution in [3.8, 4) is 0 Å². The van der Waals surface area contributed by atoms with E-state index < -0.39 is 10.8 Å². The standard InChI is InChI=1S/C40H52O4/c1-29(17-13-19-31(3)21-23-35(43)39(9)27-33(41)25-37(39,5)6)15-11-12-16-30(2)18-14-20-32(4)22-24-36(44)40(10)28-34(42)26-38(40,7)8/h11-24H,25-28H2,1-10H3/b12-11+,17-13-,18-14+,23-21-,24-22+,29-15+,30-16+,31-19+,32-20-. The molecule has 2 unspecified atom stereocenters. The van der Waals surface area contributed by atoms with Crippen LogP contribution in [0, 0.1) is 21.7 Å². The molecule has 0 aromatic heterocycles. The normalized spacial score (nSPS) is 27.0. The molecule has 0 aliphatic heterocycles. The average molecular weight is 597 g/mol.